The summed E-state index contributed by atoms with van der Waals surface area (Å²) in [7, 11) is 0. The number of aromatic nitrogens is 2. The van der Waals surface area contributed by atoms with E-state index in [9.17, 15) is 19.2 Å². The first kappa shape index (κ1) is 34.4. The fourth-order valence-electron chi connectivity index (χ4n) is 4.53. The summed E-state index contributed by atoms with van der Waals surface area (Å²) in [6.45, 7) is 8.12. The van der Waals surface area contributed by atoms with Crippen molar-refractivity contribution in [2.75, 3.05) is 32.8 Å². The van der Waals surface area contributed by atoms with E-state index in [1.165, 1.54) is 16.8 Å². The average molecular weight is 650 g/mol. The van der Waals surface area contributed by atoms with Gasteiger partial charge in [-0.15, -0.1) is 5.06 Å². The summed E-state index contributed by atoms with van der Waals surface area (Å²) in [4.78, 5) is 68.7. The first-order chi connectivity index (χ1) is 22.0. The second-order valence-electron chi connectivity index (χ2n) is 11.4. The van der Waals surface area contributed by atoms with E-state index in [0.717, 1.165) is 10.5 Å². The first-order valence-corrected chi connectivity index (χ1v) is 15.9. The van der Waals surface area contributed by atoms with Crippen molar-refractivity contribution in [3.05, 3.63) is 72.4 Å². The minimum atomic E-state index is -1.04. The molecule has 3 aromatic rings. The normalized spacial score (nSPS) is 14.2. The van der Waals surface area contributed by atoms with Crippen LogP contribution in [0.3, 0.4) is 0 Å². The highest BCUT2D eigenvalue weighted by molar-refractivity contribution is 7.99. The van der Waals surface area contributed by atoms with E-state index in [1.807, 2.05) is 60.7 Å². The maximum Gasteiger partial charge on any atom is 0.527 e. The summed E-state index contributed by atoms with van der Waals surface area (Å²) in [5.74, 6) is -1.08. The molecule has 0 unspecified atom stereocenters. The molecule has 0 bridgehead atoms. The minimum Gasteiger partial charge on any atom is -0.460 e. The third kappa shape index (κ3) is 10.6. The van der Waals surface area contributed by atoms with Gasteiger partial charge in [0.15, 0.2) is 5.82 Å². The number of amides is 2. The van der Waals surface area contributed by atoms with Crippen molar-refractivity contribution in [3.8, 4) is 11.4 Å². The molecule has 0 saturated carbocycles. The van der Waals surface area contributed by atoms with E-state index in [0.29, 0.717) is 10.9 Å². The number of nitrogens with one attached hydrogen (secondary N) is 1. The summed E-state index contributed by atoms with van der Waals surface area (Å²) in [6.07, 6.45) is -0.885. The van der Waals surface area contributed by atoms with E-state index in [-0.39, 0.29) is 57.2 Å². The van der Waals surface area contributed by atoms with E-state index >= 15 is 0 Å². The molecule has 1 atom stereocenters. The van der Waals surface area contributed by atoms with Crippen LogP contribution in [0.5, 0.6) is 0 Å². The molecule has 2 heterocycles. The molecule has 1 fully saturated rings. The van der Waals surface area contributed by atoms with Crippen LogP contribution in [0.1, 0.15) is 51.0 Å². The number of hydrogen-bond acceptors (Lipinski definition) is 11. The van der Waals surface area contributed by atoms with Gasteiger partial charge in [0.2, 0.25) is 5.91 Å². The molecule has 0 radical (unpaired) electrons. The monoisotopic (exact) mass is 649 g/mol. The number of benzene rings is 2. The maximum atomic E-state index is 13.8. The number of nitrogens with zero attached hydrogens (tertiary/aromatic N) is 4. The molecule has 1 N–H and O–H groups in total. The Morgan fingerprint density at radius 1 is 0.935 bits per heavy atom. The van der Waals surface area contributed by atoms with Gasteiger partial charge in [-0.25, -0.2) is 14.8 Å². The van der Waals surface area contributed by atoms with Gasteiger partial charge in [-0.3, -0.25) is 14.4 Å². The molecule has 2 aromatic carbocycles. The quantitative estimate of drug-likeness (QED) is 0.227. The molecule has 244 valence electrons. The van der Waals surface area contributed by atoms with Crippen molar-refractivity contribution < 1.29 is 33.5 Å². The molecular formula is C33H39N5O7S. The van der Waals surface area contributed by atoms with Crippen molar-refractivity contribution in [3.63, 3.8) is 0 Å². The standard InChI is InChI=1S/C33H39N5O7S/c1-5-43-32(42)45-38-20-18-37(19-21-38)31(41)25(16-17-28(39)44-33(2,3)4)35-30(40)26-22-27(46-24-14-10-7-11-15-24)36-29(34-26)23-12-8-6-9-13-23/h6-15,22,25H,5,16-21H2,1-4H3,(H,35,40)/t25-/m0/s1. The van der Waals surface area contributed by atoms with Crippen LogP contribution >= 0.6 is 11.8 Å². The smallest absolute Gasteiger partial charge is 0.460 e. The van der Waals surface area contributed by atoms with Gasteiger partial charge in [-0.1, -0.05) is 60.3 Å². The summed E-state index contributed by atoms with van der Waals surface area (Å²) in [6, 6.07) is 19.5. The summed E-state index contributed by atoms with van der Waals surface area (Å²) in [5.41, 5.74) is 0.110. The molecular weight excluding hydrogens is 610 g/mol. The number of rotatable bonds is 11. The van der Waals surface area contributed by atoms with Crippen LogP contribution in [0, 0.1) is 0 Å². The molecule has 46 heavy (non-hydrogen) atoms. The zero-order valence-electron chi connectivity index (χ0n) is 26.4. The minimum absolute atomic E-state index is 0.0152. The number of esters is 1. The van der Waals surface area contributed by atoms with Gasteiger partial charge in [-0.2, -0.15) is 0 Å². The second kappa shape index (κ2) is 16.2. The third-order valence-corrected chi connectivity index (χ3v) is 7.54. The van der Waals surface area contributed by atoms with Crippen LogP contribution in [0.25, 0.3) is 11.4 Å². The van der Waals surface area contributed by atoms with Crippen molar-refractivity contribution in [2.24, 2.45) is 0 Å². The molecule has 4 rings (SSSR count). The second-order valence-corrected chi connectivity index (χ2v) is 12.5. The van der Waals surface area contributed by atoms with E-state index in [1.54, 1.807) is 38.7 Å². The van der Waals surface area contributed by atoms with Gasteiger partial charge in [-0.05, 0) is 46.2 Å². The topological polar surface area (TPSA) is 140 Å². The summed E-state index contributed by atoms with van der Waals surface area (Å²) < 4.78 is 10.3. The molecule has 1 aromatic heterocycles. The van der Waals surface area contributed by atoms with E-state index in [4.69, 9.17) is 14.3 Å². The summed E-state index contributed by atoms with van der Waals surface area (Å²) >= 11 is 1.39. The average Bonchev–Trinajstić information content (AvgIpc) is 3.03. The lowest BCUT2D eigenvalue weighted by Gasteiger charge is -2.35. The van der Waals surface area contributed by atoms with Crippen LogP contribution in [-0.2, 0) is 23.9 Å². The van der Waals surface area contributed by atoms with Gasteiger partial charge in [0.05, 0.1) is 19.7 Å². The van der Waals surface area contributed by atoms with Gasteiger partial charge in [0.1, 0.15) is 22.4 Å². The molecule has 13 heteroatoms. The maximum absolute atomic E-state index is 13.8. The van der Waals surface area contributed by atoms with Crippen molar-refractivity contribution in [1.29, 1.82) is 0 Å². The lowest BCUT2D eigenvalue weighted by Crippen LogP contribution is -2.55. The first-order valence-electron chi connectivity index (χ1n) is 15.1. The number of piperazine rings is 1. The predicted molar refractivity (Wildman–Crippen MR) is 171 cm³/mol. The Morgan fingerprint density at radius 2 is 1.59 bits per heavy atom. The number of ether oxygens (including phenoxy) is 2. The van der Waals surface area contributed by atoms with Crippen LogP contribution < -0.4 is 5.32 Å². The fourth-order valence-corrected chi connectivity index (χ4v) is 5.37. The number of carbonyl (C=O) groups excluding carboxylic acids is 4. The Labute approximate surface area is 272 Å². The van der Waals surface area contributed by atoms with Gasteiger partial charge >= 0.3 is 12.1 Å². The highest BCUT2D eigenvalue weighted by Gasteiger charge is 2.31. The zero-order valence-corrected chi connectivity index (χ0v) is 27.2. The predicted octanol–water partition coefficient (Wildman–Crippen LogP) is 4.75. The lowest BCUT2D eigenvalue weighted by atomic mass is 10.1. The lowest BCUT2D eigenvalue weighted by molar-refractivity contribution is -0.158. The Hall–Kier alpha value is -4.49. The molecule has 0 aliphatic carbocycles. The van der Waals surface area contributed by atoms with Crippen LogP contribution in [-0.4, -0.2) is 88.3 Å². The number of carbonyl (C=O) groups is 4. The van der Waals surface area contributed by atoms with Crippen LogP contribution in [0.15, 0.2) is 76.7 Å². The Morgan fingerprint density at radius 3 is 2.22 bits per heavy atom. The van der Waals surface area contributed by atoms with Crippen molar-refractivity contribution >= 4 is 35.7 Å². The largest absolute Gasteiger partial charge is 0.527 e. The third-order valence-electron chi connectivity index (χ3n) is 6.61. The van der Waals surface area contributed by atoms with E-state index < -0.39 is 29.7 Å². The fraction of sp³-hybridized carbons (Fsp3) is 0.394. The van der Waals surface area contributed by atoms with Crippen molar-refractivity contribution in [1.82, 2.24) is 25.2 Å². The molecule has 12 nitrogen and oxygen atoms in total. The highest BCUT2D eigenvalue weighted by atomic mass is 32.2. The molecule has 1 saturated heterocycles. The van der Waals surface area contributed by atoms with Crippen LogP contribution in [0.4, 0.5) is 4.79 Å². The number of hydrogen-bond donors (Lipinski definition) is 1. The summed E-state index contributed by atoms with van der Waals surface area (Å²) in [5, 5.41) is 4.80. The number of hydroxylamine groups is 2. The van der Waals surface area contributed by atoms with Gasteiger partial charge in [0.25, 0.3) is 5.91 Å². The zero-order chi connectivity index (χ0) is 33.1. The Kier molecular flexibility index (Phi) is 12.1. The van der Waals surface area contributed by atoms with E-state index in [2.05, 4.69) is 15.3 Å². The highest BCUT2D eigenvalue weighted by Crippen LogP contribution is 2.28. The molecule has 1 aliphatic heterocycles. The molecule has 2 amide bonds. The molecule has 1 aliphatic rings. The van der Waals surface area contributed by atoms with Gasteiger partial charge < -0.3 is 24.5 Å². The Bertz CT molecular complexity index is 1490. The SMILES string of the molecule is CCOC(=O)ON1CCN(C(=O)[C@H](CCC(=O)OC(C)(C)C)NC(=O)c2cc(Sc3ccccc3)nc(-c3ccccc3)n2)CC1. The Balaban J connectivity index is 1.55. The van der Waals surface area contributed by atoms with Gasteiger partial charge in [0, 0.05) is 36.0 Å². The molecule has 0 spiro atoms. The van der Waals surface area contributed by atoms with Crippen molar-refractivity contribution in [2.45, 2.75) is 62.1 Å². The van der Waals surface area contributed by atoms with Crippen LogP contribution in [0.2, 0.25) is 0 Å².